The van der Waals surface area contributed by atoms with E-state index < -0.39 is 0 Å². The molecule has 3 unspecified atom stereocenters. The molecule has 18 heavy (non-hydrogen) atoms. The maximum Gasteiger partial charge on any atom is 0.335 e. The van der Waals surface area contributed by atoms with Gasteiger partial charge in [0.15, 0.2) is 6.10 Å². The topological polar surface area (TPSA) is 35.5 Å². The molecule has 4 atom stereocenters. The van der Waals surface area contributed by atoms with Gasteiger partial charge in [0.1, 0.15) is 6.10 Å². The summed E-state index contributed by atoms with van der Waals surface area (Å²) >= 11 is 0. The lowest BCUT2D eigenvalue weighted by atomic mass is 9.70. The van der Waals surface area contributed by atoms with E-state index in [1.807, 2.05) is 0 Å². The van der Waals surface area contributed by atoms with Crippen LogP contribution in [0.25, 0.3) is 0 Å². The fourth-order valence-electron chi connectivity index (χ4n) is 4.29. The van der Waals surface area contributed by atoms with Crippen molar-refractivity contribution in [1.82, 2.24) is 0 Å². The zero-order chi connectivity index (χ0) is 13.0. The van der Waals surface area contributed by atoms with Crippen LogP contribution >= 0.6 is 0 Å². The lowest BCUT2D eigenvalue weighted by molar-refractivity contribution is -0.167. The van der Waals surface area contributed by atoms with Gasteiger partial charge in [0.2, 0.25) is 0 Å². The van der Waals surface area contributed by atoms with Crippen LogP contribution < -0.4 is 0 Å². The zero-order valence-corrected chi connectivity index (χ0v) is 11.7. The molecule has 3 fully saturated rings. The van der Waals surface area contributed by atoms with E-state index in [2.05, 4.69) is 20.8 Å². The van der Waals surface area contributed by atoms with Gasteiger partial charge in [0.25, 0.3) is 0 Å². The van der Waals surface area contributed by atoms with E-state index in [1.165, 1.54) is 12.8 Å². The molecule has 2 aliphatic carbocycles. The zero-order valence-electron chi connectivity index (χ0n) is 11.7. The monoisotopic (exact) mass is 252 g/mol. The van der Waals surface area contributed by atoms with Gasteiger partial charge in [-0.2, -0.15) is 0 Å². The van der Waals surface area contributed by atoms with Crippen molar-refractivity contribution in [1.29, 1.82) is 0 Å². The summed E-state index contributed by atoms with van der Waals surface area (Å²) in [6.07, 6.45) is 5.14. The minimum atomic E-state index is -0.296. The fourth-order valence-corrected chi connectivity index (χ4v) is 4.29. The summed E-state index contributed by atoms with van der Waals surface area (Å²) in [6, 6.07) is 0. The number of fused-ring (bicyclic) bond motifs is 2. The second-order valence-electron chi connectivity index (χ2n) is 7.04. The predicted octanol–water partition coefficient (Wildman–Crippen LogP) is 2.92. The van der Waals surface area contributed by atoms with Crippen molar-refractivity contribution < 1.29 is 14.3 Å². The highest BCUT2D eigenvalue weighted by Crippen LogP contribution is 2.66. The molecule has 2 saturated carbocycles. The number of rotatable bonds is 2. The third-order valence-electron chi connectivity index (χ3n) is 6.16. The smallest absolute Gasteiger partial charge is 0.335 e. The standard InChI is InChI=1S/C15H24O3/c1-14(2)10-6-7-15(14,3)12(9-10)18-13(16)11-5-4-8-17-11/h10-12H,4-9H2,1-3H3/t10?,11-,12?,15?/m1/s1. The average Bonchev–Trinajstić information content (AvgIpc) is 2.95. The summed E-state index contributed by atoms with van der Waals surface area (Å²) in [5, 5.41) is 0. The van der Waals surface area contributed by atoms with Crippen molar-refractivity contribution in [3.63, 3.8) is 0 Å². The molecule has 0 aromatic heterocycles. The molecular formula is C15H24O3. The van der Waals surface area contributed by atoms with Gasteiger partial charge in [-0.25, -0.2) is 4.79 Å². The van der Waals surface area contributed by atoms with E-state index in [1.54, 1.807) is 0 Å². The van der Waals surface area contributed by atoms with Crippen LogP contribution in [0.15, 0.2) is 0 Å². The third kappa shape index (κ3) is 1.56. The number of carbonyl (C=O) groups is 1. The van der Waals surface area contributed by atoms with Crippen LogP contribution in [0.3, 0.4) is 0 Å². The molecule has 2 bridgehead atoms. The largest absolute Gasteiger partial charge is 0.460 e. The van der Waals surface area contributed by atoms with Crippen molar-refractivity contribution >= 4 is 5.97 Å². The molecule has 0 N–H and O–H groups in total. The first-order valence-electron chi connectivity index (χ1n) is 7.27. The van der Waals surface area contributed by atoms with E-state index in [0.29, 0.717) is 17.9 Å². The Morgan fingerprint density at radius 2 is 2.06 bits per heavy atom. The van der Waals surface area contributed by atoms with Crippen molar-refractivity contribution in [2.24, 2.45) is 16.7 Å². The van der Waals surface area contributed by atoms with Gasteiger partial charge >= 0.3 is 5.97 Å². The Morgan fingerprint density at radius 1 is 1.28 bits per heavy atom. The van der Waals surface area contributed by atoms with Crippen LogP contribution in [0.2, 0.25) is 0 Å². The summed E-state index contributed by atoms with van der Waals surface area (Å²) in [6.45, 7) is 7.68. The minimum Gasteiger partial charge on any atom is -0.460 e. The predicted molar refractivity (Wildman–Crippen MR) is 68.1 cm³/mol. The van der Waals surface area contributed by atoms with Crippen molar-refractivity contribution in [2.45, 2.75) is 65.1 Å². The highest BCUT2D eigenvalue weighted by Gasteiger charge is 2.63. The summed E-state index contributed by atoms with van der Waals surface area (Å²) in [5.41, 5.74) is 0.459. The lowest BCUT2D eigenvalue weighted by Gasteiger charge is -2.38. The highest BCUT2D eigenvalue weighted by molar-refractivity contribution is 5.75. The third-order valence-corrected chi connectivity index (χ3v) is 6.16. The molecule has 102 valence electrons. The summed E-state index contributed by atoms with van der Waals surface area (Å²) < 4.78 is 11.2. The molecular weight excluding hydrogens is 228 g/mol. The Labute approximate surface area is 109 Å². The molecule has 1 saturated heterocycles. The van der Waals surface area contributed by atoms with Crippen molar-refractivity contribution in [3.8, 4) is 0 Å². The Kier molecular flexibility index (Phi) is 2.74. The van der Waals surface area contributed by atoms with Crippen LogP contribution in [0.5, 0.6) is 0 Å². The summed E-state index contributed by atoms with van der Waals surface area (Å²) in [7, 11) is 0. The number of hydrogen-bond donors (Lipinski definition) is 0. The van der Waals surface area contributed by atoms with E-state index in [0.717, 1.165) is 19.3 Å². The van der Waals surface area contributed by atoms with Crippen molar-refractivity contribution in [3.05, 3.63) is 0 Å². The second kappa shape index (κ2) is 3.96. The van der Waals surface area contributed by atoms with E-state index in [-0.39, 0.29) is 23.6 Å². The van der Waals surface area contributed by atoms with Gasteiger partial charge in [-0.05, 0) is 43.4 Å². The quantitative estimate of drug-likeness (QED) is 0.709. The highest BCUT2D eigenvalue weighted by atomic mass is 16.6. The molecule has 1 aliphatic heterocycles. The first kappa shape index (κ1) is 12.5. The Balaban J connectivity index is 1.70. The molecule has 3 aliphatic rings. The molecule has 0 aromatic carbocycles. The fraction of sp³-hybridized carbons (Fsp3) is 0.933. The van der Waals surface area contributed by atoms with Crippen LogP contribution in [0.4, 0.5) is 0 Å². The average molecular weight is 252 g/mol. The maximum absolute atomic E-state index is 12.1. The van der Waals surface area contributed by atoms with Gasteiger partial charge in [-0.15, -0.1) is 0 Å². The number of carbonyl (C=O) groups excluding carboxylic acids is 1. The number of esters is 1. The molecule has 1 heterocycles. The summed E-state index contributed by atoms with van der Waals surface area (Å²) in [4.78, 5) is 12.1. The first-order valence-corrected chi connectivity index (χ1v) is 7.27. The van der Waals surface area contributed by atoms with E-state index in [9.17, 15) is 4.79 Å². The normalized spacial score (nSPS) is 45.4. The molecule has 3 rings (SSSR count). The molecule has 0 radical (unpaired) electrons. The van der Waals surface area contributed by atoms with Crippen LogP contribution in [-0.2, 0) is 14.3 Å². The maximum atomic E-state index is 12.1. The number of ether oxygens (including phenoxy) is 2. The minimum absolute atomic E-state index is 0.1000. The molecule has 3 nitrogen and oxygen atoms in total. The Morgan fingerprint density at radius 3 is 2.56 bits per heavy atom. The van der Waals surface area contributed by atoms with E-state index in [4.69, 9.17) is 9.47 Å². The summed E-state index contributed by atoms with van der Waals surface area (Å²) in [5.74, 6) is 0.590. The Bertz CT molecular complexity index is 357. The molecule has 0 amide bonds. The second-order valence-corrected chi connectivity index (χ2v) is 7.04. The van der Waals surface area contributed by atoms with Crippen LogP contribution in [-0.4, -0.2) is 24.8 Å². The van der Waals surface area contributed by atoms with Gasteiger partial charge in [0.05, 0.1) is 0 Å². The van der Waals surface area contributed by atoms with Gasteiger partial charge < -0.3 is 9.47 Å². The SMILES string of the molecule is CC1(C)C2CCC1(C)C(OC(=O)[C@H]1CCCO1)C2. The van der Waals surface area contributed by atoms with Gasteiger partial charge in [-0.3, -0.25) is 0 Å². The molecule has 0 aromatic rings. The molecule has 3 heteroatoms. The number of hydrogen-bond acceptors (Lipinski definition) is 3. The van der Waals surface area contributed by atoms with Gasteiger partial charge in [-0.1, -0.05) is 20.8 Å². The van der Waals surface area contributed by atoms with Crippen molar-refractivity contribution in [2.75, 3.05) is 6.61 Å². The lowest BCUT2D eigenvalue weighted by Crippen LogP contribution is -2.40. The van der Waals surface area contributed by atoms with Crippen LogP contribution in [0, 0.1) is 16.7 Å². The first-order chi connectivity index (χ1) is 8.45. The Hall–Kier alpha value is -0.570. The molecule has 0 spiro atoms. The van der Waals surface area contributed by atoms with E-state index >= 15 is 0 Å². The van der Waals surface area contributed by atoms with Crippen LogP contribution in [0.1, 0.15) is 52.9 Å². The van der Waals surface area contributed by atoms with Gasteiger partial charge in [0, 0.05) is 12.0 Å².